The Labute approximate surface area is 136 Å². The van der Waals surface area contributed by atoms with E-state index in [4.69, 9.17) is 0 Å². The van der Waals surface area contributed by atoms with E-state index in [9.17, 15) is 9.59 Å². The number of rotatable bonds is 5. The van der Waals surface area contributed by atoms with Gasteiger partial charge in [0.2, 0.25) is 5.91 Å². The quantitative estimate of drug-likeness (QED) is 0.891. The zero-order valence-corrected chi connectivity index (χ0v) is 14.1. The van der Waals surface area contributed by atoms with Crippen LogP contribution in [0.25, 0.3) is 0 Å². The molecule has 122 valence electrons. The molecular formula is C18H23N3O2. The van der Waals surface area contributed by atoms with Gasteiger partial charge in [-0.25, -0.2) is 0 Å². The van der Waals surface area contributed by atoms with E-state index in [2.05, 4.69) is 35.1 Å². The summed E-state index contributed by atoms with van der Waals surface area (Å²) in [5, 5.41) is 5.60. The molecule has 0 spiro atoms. The number of aromatic nitrogens is 1. The molecule has 1 aromatic heterocycles. The van der Waals surface area contributed by atoms with E-state index in [-0.39, 0.29) is 11.8 Å². The summed E-state index contributed by atoms with van der Waals surface area (Å²) in [6.45, 7) is 6.21. The fourth-order valence-electron chi connectivity index (χ4n) is 2.51. The van der Waals surface area contributed by atoms with Gasteiger partial charge < -0.3 is 15.2 Å². The minimum Gasteiger partial charge on any atom is -0.352 e. The first-order valence-electron chi connectivity index (χ1n) is 7.66. The van der Waals surface area contributed by atoms with Crippen molar-refractivity contribution in [2.75, 3.05) is 11.9 Å². The highest BCUT2D eigenvalue weighted by atomic mass is 16.2. The largest absolute Gasteiger partial charge is 0.352 e. The van der Waals surface area contributed by atoms with E-state index in [0.717, 1.165) is 6.42 Å². The number of aryl methyl sites for hydroxylation is 1. The standard InChI is InChI=1S/C18H23N3O2/c1-12-11-16(13(2)21(12)4)9-10-19-18(23)15-5-7-17(8-6-15)20-14(3)22/h5-8,11H,9-10H2,1-4H3,(H,19,23)(H,20,22). The Bertz CT molecular complexity index is 715. The molecule has 5 heteroatoms. The van der Waals surface area contributed by atoms with Crippen molar-refractivity contribution < 1.29 is 9.59 Å². The van der Waals surface area contributed by atoms with Crippen molar-refractivity contribution in [2.45, 2.75) is 27.2 Å². The molecule has 0 aliphatic rings. The number of anilines is 1. The number of carbonyl (C=O) groups excluding carboxylic acids is 2. The molecule has 0 saturated heterocycles. The maximum atomic E-state index is 12.1. The van der Waals surface area contributed by atoms with Gasteiger partial charge in [0.1, 0.15) is 0 Å². The summed E-state index contributed by atoms with van der Waals surface area (Å²) in [5.74, 6) is -0.236. The summed E-state index contributed by atoms with van der Waals surface area (Å²) in [6.07, 6.45) is 0.809. The Morgan fingerprint density at radius 3 is 2.30 bits per heavy atom. The van der Waals surface area contributed by atoms with Crippen molar-refractivity contribution in [2.24, 2.45) is 7.05 Å². The third-order valence-corrected chi connectivity index (χ3v) is 4.03. The maximum absolute atomic E-state index is 12.1. The van der Waals surface area contributed by atoms with Crippen LogP contribution in [-0.4, -0.2) is 22.9 Å². The summed E-state index contributed by atoms with van der Waals surface area (Å²) in [5.41, 5.74) is 4.98. The Kier molecular flexibility index (Phi) is 5.21. The smallest absolute Gasteiger partial charge is 0.251 e. The predicted molar refractivity (Wildman–Crippen MR) is 91.7 cm³/mol. The number of benzene rings is 1. The second-order valence-electron chi connectivity index (χ2n) is 5.72. The highest BCUT2D eigenvalue weighted by Crippen LogP contribution is 2.13. The summed E-state index contributed by atoms with van der Waals surface area (Å²) >= 11 is 0. The molecule has 2 N–H and O–H groups in total. The Morgan fingerprint density at radius 2 is 1.78 bits per heavy atom. The number of hydrogen-bond donors (Lipinski definition) is 2. The van der Waals surface area contributed by atoms with Gasteiger partial charge in [-0.05, 0) is 56.2 Å². The zero-order valence-electron chi connectivity index (χ0n) is 14.1. The molecule has 2 aromatic rings. The highest BCUT2D eigenvalue weighted by Gasteiger charge is 2.08. The predicted octanol–water partition coefficient (Wildman–Crippen LogP) is 2.57. The molecule has 5 nitrogen and oxygen atoms in total. The van der Waals surface area contributed by atoms with E-state index in [1.54, 1.807) is 24.3 Å². The minimum absolute atomic E-state index is 0.107. The van der Waals surface area contributed by atoms with Gasteiger partial charge in [0, 0.05) is 43.2 Å². The first-order valence-corrected chi connectivity index (χ1v) is 7.66. The minimum atomic E-state index is -0.129. The second-order valence-corrected chi connectivity index (χ2v) is 5.72. The Morgan fingerprint density at radius 1 is 1.13 bits per heavy atom. The summed E-state index contributed by atoms with van der Waals surface area (Å²) in [7, 11) is 2.05. The van der Waals surface area contributed by atoms with Gasteiger partial charge in [0.05, 0.1) is 0 Å². The van der Waals surface area contributed by atoms with Crippen LogP contribution >= 0.6 is 0 Å². The van der Waals surface area contributed by atoms with Crippen LogP contribution in [0, 0.1) is 13.8 Å². The fourth-order valence-corrected chi connectivity index (χ4v) is 2.51. The number of carbonyl (C=O) groups is 2. The van der Waals surface area contributed by atoms with E-state index in [1.165, 1.54) is 23.9 Å². The lowest BCUT2D eigenvalue weighted by molar-refractivity contribution is -0.114. The molecule has 0 aliphatic heterocycles. The van der Waals surface area contributed by atoms with Gasteiger partial charge in [-0.15, -0.1) is 0 Å². The average Bonchev–Trinajstić information content (AvgIpc) is 2.74. The number of amides is 2. The molecule has 0 saturated carbocycles. The van der Waals surface area contributed by atoms with Gasteiger partial charge in [-0.3, -0.25) is 9.59 Å². The van der Waals surface area contributed by atoms with Crippen LogP contribution in [0.1, 0.15) is 34.2 Å². The lowest BCUT2D eigenvalue weighted by Gasteiger charge is -2.07. The van der Waals surface area contributed by atoms with Crippen molar-refractivity contribution in [1.29, 1.82) is 0 Å². The maximum Gasteiger partial charge on any atom is 0.251 e. The molecule has 0 atom stereocenters. The van der Waals surface area contributed by atoms with E-state index in [1.807, 2.05) is 7.05 Å². The van der Waals surface area contributed by atoms with Crippen molar-refractivity contribution in [3.05, 3.63) is 52.8 Å². The molecule has 0 unspecified atom stereocenters. The molecule has 0 aliphatic carbocycles. The van der Waals surface area contributed by atoms with Crippen molar-refractivity contribution in [3.8, 4) is 0 Å². The second kappa shape index (κ2) is 7.13. The molecular weight excluding hydrogens is 290 g/mol. The van der Waals surface area contributed by atoms with E-state index < -0.39 is 0 Å². The Balaban J connectivity index is 1.89. The van der Waals surface area contributed by atoms with Crippen LogP contribution in [0.4, 0.5) is 5.69 Å². The first-order chi connectivity index (χ1) is 10.9. The summed E-state index contributed by atoms with van der Waals surface area (Å²) in [4.78, 5) is 23.1. The van der Waals surface area contributed by atoms with E-state index in [0.29, 0.717) is 17.8 Å². The number of nitrogens with zero attached hydrogens (tertiary/aromatic N) is 1. The molecule has 2 rings (SSSR count). The molecule has 0 fully saturated rings. The van der Waals surface area contributed by atoms with Crippen LogP contribution < -0.4 is 10.6 Å². The Hall–Kier alpha value is -2.56. The van der Waals surface area contributed by atoms with Gasteiger partial charge in [0.15, 0.2) is 0 Å². The van der Waals surface area contributed by atoms with Crippen LogP contribution in [0.3, 0.4) is 0 Å². The van der Waals surface area contributed by atoms with Crippen LogP contribution in [0.5, 0.6) is 0 Å². The molecule has 0 radical (unpaired) electrons. The van der Waals surface area contributed by atoms with Gasteiger partial charge in [-0.1, -0.05) is 0 Å². The van der Waals surface area contributed by atoms with Crippen LogP contribution in [0.2, 0.25) is 0 Å². The number of hydrogen-bond acceptors (Lipinski definition) is 2. The topological polar surface area (TPSA) is 63.1 Å². The van der Waals surface area contributed by atoms with E-state index >= 15 is 0 Å². The third-order valence-electron chi connectivity index (χ3n) is 4.03. The molecule has 0 bridgehead atoms. The first kappa shape index (κ1) is 16.8. The molecule has 23 heavy (non-hydrogen) atoms. The monoisotopic (exact) mass is 313 g/mol. The highest BCUT2D eigenvalue weighted by molar-refractivity contribution is 5.95. The normalized spacial score (nSPS) is 10.4. The molecule has 1 heterocycles. The summed E-state index contributed by atoms with van der Waals surface area (Å²) < 4.78 is 2.15. The zero-order chi connectivity index (χ0) is 17.0. The van der Waals surface area contributed by atoms with Gasteiger partial charge >= 0.3 is 0 Å². The van der Waals surface area contributed by atoms with Crippen molar-refractivity contribution >= 4 is 17.5 Å². The fraction of sp³-hybridized carbons (Fsp3) is 0.333. The van der Waals surface area contributed by atoms with Gasteiger partial charge in [-0.2, -0.15) is 0 Å². The SMILES string of the molecule is CC(=O)Nc1ccc(C(=O)NCCc2cc(C)n(C)c2C)cc1. The van der Waals surface area contributed by atoms with Crippen molar-refractivity contribution in [3.63, 3.8) is 0 Å². The lowest BCUT2D eigenvalue weighted by atomic mass is 10.1. The average molecular weight is 313 g/mol. The molecule has 2 amide bonds. The number of nitrogens with one attached hydrogen (secondary N) is 2. The van der Waals surface area contributed by atoms with Gasteiger partial charge in [0.25, 0.3) is 5.91 Å². The molecule has 1 aromatic carbocycles. The summed E-state index contributed by atoms with van der Waals surface area (Å²) in [6, 6.07) is 9.02. The third kappa shape index (κ3) is 4.22. The lowest BCUT2D eigenvalue weighted by Crippen LogP contribution is -2.25. The van der Waals surface area contributed by atoms with Crippen LogP contribution in [-0.2, 0) is 18.3 Å². The van der Waals surface area contributed by atoms with Crippen molar-refractivity contribution in [1.82, 2.24) is 9.88 Å². The van der Waals surface area contributed by atoms with Crippen LogP contribution in [0.15, 0.2) is 30.3 Å².